The summed E-state index contributed by atoms with van der Waals surface area (Å²) in [7, 11) is 0. The van der Waals surface area contributed by atoms with Crippen LogP contribution in [0, 0.1) is 5.82 Å². The largest absolute Gasteiger partial charge is 0.492 e. The van der Waals surface area contributed by atoms with Gasteiger partial charge in [-0.15, -0.1) is 0 Å². The topological polar surface area (TPSA) is 92.5 Å². The van der Waals surface area contributed by atoms with E-state index in [4.69, 9.17) is 10.5 Å². The monoisotopic (exact) mass is 427 g/mol. The lowest BCUT2D eigenvalue weighted by Crippen LogP contribution is -2.25. The number of carbonyl (C=O) groups is 1. The van der Waals surface area contributed by atoms with Crippen LogP contribution in [0.2, 0.25) is 0 Å². The molecule has 2 heterocycles. The number of carbonyl (C=O) groups excluding carboxylic acids is 1. The Labute approximate surface area is 182 Å². The first-order chi connectivity index (χ1) is 15.1. The van der Waals surface area contributed by atoms with E-state index in [-0.39, 0.29) is 17.4 Å². The van der Waals surface area contributed by atoms with Gasteiger partial charge in [0.1, 0.15) is 18.2 Å². The van der Waals surface area contributed by atoms with Crippen LogP contribution in [0.4, 0.5) is 21.7 Å². The minimum atomic E-state index is -0.700. The van der Waals surface area contributed by atoms with E-state index < -0.39 is 11.7 Å². The second-order valence-corrected chi connectivity index (χ2v) is 8.25. The Morgan fingerprint density at radius 2 is 1.84 bits per heavy atom. The van der Waals surface area contributed by atoms with Gasteiger partial charge >= 0.3 is 0 Å². The molecule has 166 valence electrons. The summed E-state index contributed by atoms with van der Waals surface area (Å²) in [5.41, 5.74) is 6.18. The van der Waals surface area contributed by atoms with Gasteiger partial charge in [-0.1, -0.05) is 12.8 Å². The third-order valence-corrected chi connectivity index (χ3v) is 5.93. The Kier molecular flexibility index (Phi) is 6.86. The van der Waals surface area contributed by atoms with Gasteiger partial charge in [-0.3, -0.25) is 9.69 Å². The highest BCUT2D eigenvalue weighted by molar-refractivity contribution is 5.98. The van der Waals surface area contributed by atoms with Crippen molar-refractivity contribution in [2.24, 2.45) is 5.73 Å². The van der Waals surface area contributed by atoms with Crippen LogP contribution in [-0.2, 0) is 0 Å². The lowest BCUT2D eigenvalue weighted by atomic mass is 10.2. The molecule has 7 nitrogen and oxygen atoms in total. The molecule has 1 saturated heterocycles. The summed E-state index contributed by atoms with van der Waals surface area (Å²) >= 11 is 0. The first-order valence-corrected chi connectivity index (χ1v) is 11.1. The maximum absolute atomic E-state index is 14.6. The number of nitrogens with one attached hydrogen (secondary N) is 2. The van der Waals surface area contributed by atoms with E-state index in [0.29, 0.717) is 18.1 Å². The van der Waals surface area contributed by atoms with E-state index in [2.05, 4.69) is 20.5 Å². The average Bonchev–Trinajstić information content (AvgIpc) is 3.46. The molecule has 2 aromatic rings. The quantitative estimate of drug-likeness (QED) is 0.562. The molecule has 1 amide bonds. The highest BCUT2D eigenvalue weighted by atomic mass is 19.1. The van der Waals surface area contributed by atoms with E-state index in [1.54, 1.807) is 0 Å². The normalized spacial score (nSPS) is 17.1. The maximum Gasteiger partial charge on any atom is 0.252 e. The minimum absolute atomic E-state index is 0.0493. The molecule has 4 N–H and O–H groups in total. The fraction of sp³-hybridized carbons (Fsp3) is 0.478. The van der Waals surface area contributed by atoms with Gasteiger partial charge in [0, 0.05) is 18.3 Å². The van der Waals surface area contributed by atoms with Crippen molar-refractivity contribution in [3.8, 4) is 5.75 Å². The third kappa shape index (κ3) is 5.64. The molecule has 2 aliphatic rings. The van der Waals surface area contributed by atoms with Gasteiger partial charge in [0.15, 0.2) is 11.6 Å². The number of hydrogen-bond acceptors (Lipinski definition) is 6. The summed E-state index contributed by atoms with van der Waals surface area (Å²) in [5.74, 6) is -0.185. The lowest BCUT2D eigenvalue weighted by Gasteiger charge is -2.17. The molecular weight excluding hydrogens is 397 g/mol. The molecule has 0 atom stereocenters. The summed E-state index contributed by atoms with van der Waals surface area (Å²) in [6.07, 6.45) is 6.79. The number of likely N-dealkylation sites (tertiary alicyclic amines) is 1. The number of amides is 1. The molecular formula is C23H30FN5O2. The molecule has 0 unspecified atom stereocenters. The summed E-state index contributed by atoms with van der Waals surface area (Å²) in [4.78, 5) is 18.5. The van der Waals surface area contributed by atoms with Gasteiger partial charge < -0.3 is 21.1 Å². The van der Waals surface area contributed by atoms with Gasteiger partial charge in [-0.05, 0) is 69.1 Å². The highest BCUT2D eigenvalue weighted by Gasteiger charge is 2.21. The molecule has 31 heavy (non-hydrogen) atoms. The van der Waals surface area contributed by atoms with Gasteiger partial charge in [-0.25, -0.2) is 9.37 Å². The molecule has 1 aromatic carbocycles. The van der Waals surface area contributed by atoms with Gasteiger partial charge in [0.25, 0.3) is 5.91 Å². The molecule has 1 saturated carbocycles. The second kappa shape index (κ2) is 9.96. The summed E-state index contributed by atoms with van der Waals surface area (Å²) < 4.78 is 20.4. The predicted octanol–water partition coefficient (Wildman–Crippen LogP) is 3.89. The van der Waals surface area contributed by atoms with Crippen LogP contribution < -0.4 is 21.1 Å². The Balaban J connectivity index is 1.40. The van der Waals surface area contributed by atoms with Gasteiger partial charge in [-0.2, -0.15) is 0 Å². The van der Waals surface area contributed by atoms with Crippen LogP contribution in [0.15, 0.2) is 30.3 Å². The number of nitrogens with zero attached hydrogens (tertiary/aromatic N) is 2. The standard InChI is InChI=1S/C23H30FN5O2/c24-20-15-19(21(25)30)22(26-16-5-1-2-6-16)28-23(20)27-17-7-9-18(10-8-17)31-14-13-29-11-3-4-12-29/h7-10,15-16H,1-6,11-14H2,(H2,25,30)(H2,26,27,28). The first kappa shape index (κ1) is 21.4. The molecule has 1 aromatic heterocycles. The van der Waals surface area contributed by atoms with E-state index in [0.717, 1.165) is 57.1 Å². The Hall–Kier alpha value is -2.87. The molecule has 1 aliphatic carbocycles. The van der Waals surface area contributed by atoms with Gasteiger partial charge in [0.2, 0.25) is 0 Å². The highest BCUT2D eigenvalue weighted by Crippen LogP contribution is 2.28. The fourth-order valence-corrected chi connectivity index (χ4v) is 4.21. The smallest absolute Gasteiger partial charge is 0.252 e. The summed E-state index contributed by atoms with van der Waals surface area (Å²) in [6, 6.07) is 8.70. The zero-order valence-electron chi connectivity index (χ0n) is 17.7. The van der Waals surface area contributed by atoms with Crippen LogP contribution in [0.1, 0.15) is 48.9 Å². The minimum Gasteiger partial charge on any atom is -0.492 e. The number of ether oxygens (including phenoxy) is 1. The lowest BCUT2D eigenvalue weighted by molar-refractivity contribution is 0.100. The summed E-state index contributed by atoms with van der Waals surface area (Å²) in [5, 5.41) is 6.25. The average molecular weight is 428 g/mol. The molecule has 2 fully saturated rings. The Morgan fingerprint density at radius 3 is 2.52 bits per heavy atom. The van der Waals surface area contributed by atoms with Crippen molar-refractivity contribution >= 4 is 23.2 Å². The number of primary amides is 1. The Bertz CT molecular complexity index is 894. The van der Waals surface area contributed by atoms with Gasteiger partial charge in [0.05, 0.1) is 5.56 Å². The number of benzene rings is 1. The van der Waals surface area contributed by atoms with E-state index >= 15 is 0 Å². The number of pyridine rings is 1. The van der Waals surface area contributed by atoms with Crippen molar-refractivity contribution in [2.75, 3.05) is 36.9 Å². The Morgan fingerprint density at radius 1 is 1.13 bits per heavy atom. The third-order valence-electron chi connectivity index (χ3n) is 5.93. The fourth-order valence-electron chi connectivity index (χ4n) is 4.21. The van der Waals surface area contributed by atoms with Crippen LogP contribution in [-0.4, -0.2) is 48.1 Å². The molecule has 0 spiro atoms. The van der Waals surface area contributed by atoms with Crippen molar-refractivity contribution in [3.63, 3.8) is 0 Å². The van der Waals surface area contributed by atoms with Crippen molar-refractivity contribution in [1.82, 2.24) is 9.88 Å². The second-order valence-electron chi connectivity index (χ2n) is 8.25. The number of anilines is 3. The van der Waals surface area contributed by atoms with E-state index in [1.165, 1.54) is 12.8 Å². The maximum atomic E-state index is 14.6. The zero-order valence-corrected chi connectivity index (χ0v) is 17.7. The summed E-state index contributed by atoms with van der Waals surface area (Å²) in [6.45, 7) is 3.87. The van der Waals surface area contributed by atoms with Crippen molar-refractivity contribution in [3.05, 3.63) is 41.7 Å². The molecule has 0 radical (unpaired) electrons. The van der Waals surface area contributed by atoms with Crippen LogP contribution in [0.5, 0.6) is 5.75 Å². The number of nitrogens with two attached hydrogens (primary N) is 1. The zero-order chi connectivity index (χ0) is 21.6. The first-order valence-electron chi connectivity index (χ1n) is 11.1. The van der Waals surface area contributed by atoms with Crippen LogP contribution in [0.25, 0.3) is 0 Å². The number of halogens is 1. The number of aromatic nitrogens is 1. The van der Waals surface area contributed by atoms with Crippen LogP contribution >= 0.6 is 0 Å². The van der Waals surface area contributed by atoms with Crippen molar-refractivity contribution in [2.45, 2.75) is 44.6 Å². The molecule has 1 aliphatic heterocycles. The van der Waals surface area contributed by atoms with E-state index in [1.807, 2.05) is 24.3 Å². The number of rotatable bonds is 9. The number of hydrogen-bond donors (Lipinski definition) is 3. The SMILES string of the molecule is NC(=O)c1cc(F)c(Nc2ccc(OCCN3CCCC3)cc2)nc1NC1CCCC1. The molecule has 8 heteroatoms. The predicted molar refractivity (Wildman–Crippen MR) is 119 cm³/mol. The van der Waals surface area contributed by atoms with Crippen LogP contribution in [0.3, 0.4) is 0 Å². The van der Waals surface area contributed by atoms with E-state index in [9.17, 15) is 9.18 Å². The molecule has 0 bridgehead atoms. The molecule has 4 rings (SSSR count). The van der Waals surface area contributed by atoms with Crippen molar-refractivity contribution in [1.29, 1.82) is 0 Å². The van der Waals surface area contributed by atoms with Crippen molar-refractivity contribution < 1.29 is 13.9 Å².